The molecule has 2 unspecified atom stereocenters. The van der Waals surface area contributed by atoms with Crippen LogP contribution in [0.2, 0.25) is 0 Å². The number of nitrogens with zero attached hydrogens (tertiary/aromatic N) is 1. The van der Waals surface area contributed by atoms with Crippen molar-refractivity contribution in [2.45, 2.75) is 51.4 Å². The maximum absolute atomic E-state index is 3.63. The van der Waals surface area contributed by atoms with Gasteiger partial charge in [-0.25, -0.2) is 0 Å². The van der Waals surface area contributed by atoms with Crippen LogP contribution in [0.5, 0.6) is 0 Å². The van der Waals surface area contributed by atoms with E-state index in [1.54, 1.807) is 0 Å². The van der Waals surface area contributed by atoms with E-state index in [0.29, 0.717) is 12.0 Å². The molecule has 0 saturated carbocycles. The molecule has 3 aromatic carbocycles. The van der Waals surface area contributed by atoms with Crippen LogP contribution in [0.25, 0.3) is 0 Å². The third-order valence-corrected chi connectivity index (χ3v) is 7.17. The molecular formula is C27H29N3. The molecule has 3 aromatic rings. The van der Waals surface area contributed by atoms with Crippen molar-refractivity contribution in [2.75, 3.05) is 16.8 Å². The SMILES string of the molecule is CC1Cc2ccc(N3Cc4ccc(C5CNc6ccccc6C5)cc4C3)cc2CN1. The maximum atomic E-state index is 3.63. The van der Waals surface area contributed by atoms with Crippen molar-refractivity contribution in [2.24, 2.45) is 0 Å². The summed E-state index contributed by atoms with van der Waals surface area (Å²) in [5, 5.41) is 7.23. The zero-order valence-electron chi connectivity index (χ0n) is 17.6. The molecule has 152 valence electrons. The molecule has 0 radical (unpaired) electrons. The summed E-state index contributed by atoms with van der Waals surface area (Å²) < 4.78 is 0. The Morgan fingerprint density at radius 1 is 0.800 bits per heavy atom. The summed E-state index contributed by atoms with van der Waals surface area (Å²) in [6.45, 7) is 6.32. The van der Waals surface area contributed by atoms with Crippen LogP contribution in [-0.2, 0) is 32.5 Å². The summed E-state index contributed by atoms with van der Waals surface area (Å²) in [6, 6.07) is 23.6. The van der Waals surface area contributed by atoms with Gasteiger partial charge < -0.3 is 15.5 Å². The van der Waals surface area contributed by atoms with Crippen molar-refractivity contribution >= 4 is 11.4 Å². The standard InChI is InChI=1S/C27H29N3/c1-18-10-19-8-9-26(13-24(19)14-28-18)30-16-22-7-6-20(11-25(22)17-30)23-12-21-4-2-3-5-27(21)29-15-23/h2-9,11,13,18,23,28-29H,10,12,14-17H2,1H3. The highest BCUT2D eigenvalue weighted by Gasteiger charge is 2.24. The van der Waals surface area contributed by atoms with Crippen LogP contribution in [0.4, 0.5) is 11.4 Å². The van der Waals surface area contributed by atoms with E-state index in [1.165, 1.54) is 44.8 Å². The lowest BCUT2D eigenvalue weighted by atomic mass is 9.87. The molecule has 0 aliphatic carbocycles. The summed E-state index contributed by atoms with van der Waals surface area (Å²) in [7, 11) is 0. The van der Waals surface area contributed by atoms with Gasteiger partial charge in [0.15, 0.2) is 0 Å². The van der Waals surface area contributed by atoms with Gasteiger partial charge in [0.2, 0.25) is 0 Å². The molecule has 2 atom stereocenters. The zero-order chi connectivity index (χ0) is 20.1. The molecule has 3 aliphatic heterocycles. The van der Waals surface area contributed by atoms with E-state index in [9.17, 15) is 0 Å². The van der Waals surface area contributed by atoms with Gasteiger partial charge in [0.25, 0.3) is 0 Å². The Kier molecular flexibility index (Phi) is 4.31. The Morgan fingerprint density at radius 2 is 1.67 bits per heavy atom. The lowest BCUT2D eigenvalue weighted by molar-refractivity contribution is 0.513. The van der Waals surface area contributed by atoms with Crippen LogP contribution in [-0.4, -0.2) is 12.6 Å². The van der Waals surface area contributed by atoms with E-state index in [-0.39, 0.29) is 0 Å². The molecule has 0 aromatic heterocycles. The van der Waals surface area contributed by atoms with Crippen LogP contribution in [0, 0.1) is 0 Å². The Labute approximate surface area is 179 Å². The fourth-order valence-electron chi connectivity index (χ4n) is 5.39. The van der Waals surface area contributed by atoms with Crippen LogP contribution in [0.15, 0.2) is 60.7 Å². The number of fused-ring (bicyclic) bond motifs is 3. The molecule has 3 nitrogen and oxygen atoms in total. The van der Waals surface area contributed by atoms with Crippen LogP contribution >= 0.6 is 0 Å². The first-order chi connectivity index (χ1) is 14.7. The van der Waals surface area contributed by atoms with E-state index in [1.807, 2.05) is 0 Å². The second kappa shape index (κ2) is 7.17. The normalized spacial score (nSPS) is 22.1. The van der Waals surface area contributed by atoms with Crippen LogP contribution in [0.3, 0.4) is 0 Å². The minimum absolute atomic E-state index is 0.552. The highest BCUT2D eigenvalue weighted by Crippen LogP contribution is 2.35. The monoisotopic (exact) mass is 395 g/mol. The van der Waals surface area contributed by atoms with Gasteiger partial charge >= 0.3 is 0 Å². The van der Waals surface area contributed by atoms with Crippen molar-refractivity contribution in [3.05, 3.63) is 94.0 Å². The topological polar surface area (TPSA) is 27.3 Å². The molecule has 3 heterocycles. The first-order valence-corrected chi connectivity index (χ1v) is 11.3. The average molecular weight is 396 g/mol. The molecule has 0 amide bonds. The summed E-state index contributed by atoms with van der Waals surface area (Å²) in [4.78, 5) is 2.53. The number of hydrogen-bond donors (Lipinski definition) is 2. The molecule has 0 bridgehead atoms. The van der Waals surface area contributed by atoms with Gasteiger partial charge in [0.05, 0.1) is 0 Å². The highest BCUT2D eigenvalue weighted by atomic mass is 15.1. The van der Waals surface area contributed by atoms with Crippen molar-refractivity contribution in [1.29, 1.82) is 0 Å². The number of rotatable bonds is 2. The Bertz CT molecular complexity index is 1100. The largest absolute Gasteiger partial charge is 0.384 e. The minimum Gasteiger partial charge on any atom is -0.384 e. The second-order valence-electron chi connectivity index (χ2n) is 9.26. The summed E-state index contributed by atoms with van der Waals surface area (Å²) in [5.74, 6) is 0.552. The predicted octanol–water partition coefficient (Wildman–Crippen LogP) is 4.99. The maximum Gasteiger partial charge on any atom is 0.0436 e. The van der Waals surface area contributed by atoms with Crippen molar-refractivity contribution in [3.63, 3.8) is 0 Å². The van der Waals surface area contributed by atoms with Gasteiger partial charge in [-0.1, -0.05) is 42.5 Å². The fraction of sp³-hybridized carbons (Fsp3) is 0.333. The summed E-state index contributed by atoms with van der Waals surface area (Å²) in [6.07, 6.45) is 2.26. The fourth-order valence-corrected chi connectivity index (χ4v) is 5.39. The lowest BCUT2D eigenvalue weighted by Crippen LogP contribution is -2.33. The van der Waals surface area contributed by atoms with Gasteiger partial charge in [-0.05, 0) is 71.3 Å². The van der Waals surface area contributed by atoms with Crippen LogP contribution < -0.4 is 15.5 Å². The van der Waals surface area contributed by atoms with E-state index in [2.05, 4.69) is 83.1 Å². The molecular weight excluding hydrogens is 366 g/mol. The molecule has 0 fully saturated rings. The van der Waals surface area contributed by atoms with Crippen LogP contribution in [0.1, 0.15) is 46.2 Å². The van der Waals surface area contributed by atoms with E-state index in [4.69, 9.17) is 0 Å². The third kappa shape index (κ3) is 3.18. The van der Waals surface area contributed by atoms with Gasteiger partial charge in [-0.3, -0.25) is 0 Å². The van der Waals surface area contributed by atoms with Gasteiger partial charge in [-0.15, -0.1) is 0 Å². The lowest BCUT2D eigenvalue weighted by Gasteiger charge is -2.27. The predicted molar refractivity (Wildman–Crippen MR) is 124 cm³/mol. The number of hydrogen-bond acceptors (Lipinski definition) is 3. The molecule has 0 saturated heterocycles. The van der Waals surface area contributed by atoms with Crippen molar-refractivity contribution < 1.29 is 0 Å². The average Bonchev–Trinajstić information content (AvgIpc) is 3.22. The molecule has 3 aliphatic rings. The molecule has 3 heteroatoms. The first kappa shape index (κ1) is 18.0. The van der Waals surface area contributed by atoms with Crippen molar-refractivity contribution in [1.82, 2.24) is 5.32 Å². The molecule has 30 heavy (non-hydrogen) atoms. The van der Waals surface area contributed by atoms with E-state index >= 15 is 0 Å². The summed E-state index contributed by atoms with van der Waals surface area (Å²) >= 11 is 0. The van der Waals surface area contributed by atoms with E-state index in [0.717, 1.165) is 39.0 Å². The van der Waals surface area contributed by atoms with Crippen molar-refractivity contribution in [3.8, 4) is 0 Å². The Balaban J connectivity index is 1.22. The van der Waals surface area contributed by atoms with Gasteiger partial charge in [0, 0.05) is 49.5 Å². The van der Waals surface area contributed by atoms with Gasteiger partial charge in [-0.2, -0.15) is 0 Å². The quantitative estimate of drug-likeness (QED) is 0.640. The van der Waals surface area contributed by atoms with E-state index < -0.39 is 0 Å². The first-order valence-electron chi connectivity index (χ1n) is 11.3. The zero-order valence-corrected chi connectivity index (χ0v) is 17.6. The molecule has 2 N–H and O–H groups in total. The third-order valence-electron chi connectivity index (χ3n) is 7.17. The minimum atomic E-state index is 0.552. The Hall–Kier alpha value is -2.78. The number of benzene rings is 3. The highest BCUT2D eigenvalue weighted by molar-refractivity contribution is 5.57. The number of anilines is 2. The number of para-hydroxylation sites is 1. The Morgan fingerprint density at radius 3 is 2.63 bits per heavy atom. The van der Waals surface area contributed by atoms with Gasteiger partial charge in [0.1, 0.15) is 0 Å². The molecule has 6 rings (SSSR count). The molecule has 0 spiro atoms. The smallest absolute Gasteiger partial charge is 0.0436 e. The number of nitrogens with one attached hydrogen (secondary N) is 2. The summed E-state index contributed by atoms with van der Waals surface area (Å²) in [5.41, 5.74) is 11.5. The second-order valence-corrected chi connectivity index (χ2v) is 9.26.